The van der Waals surface area contributed by atoms with E-state index in [1.807, 2.05) is 13.2 Å². The molecule has 1 N–H and O–H groups in total. The molecule has 3 nitrogen and oxygen atoms in total. The van der Waals surface area contributed by atoms with E-state index < -0.39 is 0 Å². The first-order valence-electron chi connectivity index (χ1n) is 4.64. The fraction of sp³-hybridized carbons (Fsp3) is 0.700. The van der Waals surface area contributed by atoms with E-state index in [0.29, 0.717) is 0 Å². The zero-order valence-corrected chi connectivity index (χ0v) is 8.85. The highest BCUT2D eigenvalue weighted by molar-refractivity contribution is 5.06. The van der Waals surface area contributed by atoms with Crippen LogP contribution in [0.3, 0.4) is 0 Å². The van der Waals surface area contributed by atoms with Gasteiger partial charge in [0, 0.05) is 18.4 Å². The second-order valence-corrected chi connectivity index (χ2v) is 4.22. The number of oxazole rings is 1. The minimum atomic E-state index is 0.0604. The summed E-state index contributed by atoms with van der Waals surface area (Å²) >= 11 is 0. The Labute approximate surface area is 79.5 Å². The highest BCUT2D eigenvalue weighted by Gasteiger charge is 2.18. The molecule has 3 heteroatoms. The minimum Gasteiger partial charge on any atom is -0.445 e. The third-order valence-electron chi connectivity index (χ3n) is 1.88. The summed E-state index contributed by atoms with van der Waals surface area (Å²) in [6.45, 7) is 7.27. The van der Waals surface area contributed by atoms with Crippen LogP contribution in [-0.2, 0) is 11.8 Å². The first-order chi connectivity index (χ1) is 6.04. The summed E-state index contributed by atoms with van der Waals surface area (Å²) in [6, 6.07) is 0. The van der Waals surface area contributed by atoms with Gasteiger partial charge in [-0.15, -0.1) is 0 Å². The largest absolute Gasteiger partial charge is 0.445 e. The third kappa shape index (κ3) is 2.84. The minimum absolute atomic E-state index is 0.0604. The zero-order chi connectivity index (χ0) is 9.90. The molecule has 0 saturated heterocycles. The molecule has 1 aromatic heterocycles. The van der Waals surface area contributed by atoms with Crippen molar-refractivity contribution < 1.29 is 4.42 Å². The van der Waals surface area contributed by atoms with Gasteiger partial charge in [0.1, 0.15) is 5.76 Å². The molecule has 0 bridgehead atoms. The van der Waals surface area contributed by atoms with Gasteiger partial charge in [-0.05, 0) is 7.05 Å². The highest BCUT2D eigenvalue weighted by atomic mass is 16.4. The molecular formula is C10H18N2O. The van der Waals surface area contributed by atoms with Gasteiger partial charge in [0.15, 0.2) is 5.89 Å². The van der Waals surface area contributed by atoms with Gasteiger partial charge >= 0.3 is 0 Å². The van der Waals surface area contributed by atoms with E-state index in [2.05, 4.69) is 31.1 Å². The summed E-state index contributed by atoms with van der Waals surface area (Å²) < 4.78 is 5.60. The normalized spacial score (nSPS) is 12.0. The smallest absolute Gasteiger partial charge is 0.195 e. The monoisotopic (exact) mass is 182 g/mol. The van der Waals surface area contributed by atoms with Crippen molar-refractivity contribution in [3.05, 3.63) is 17.8 Å². The summed E-state index contributed by atoms with van der Waals surface area (Å²) in [6.07, 6.45) is 2.68. The number of hydrogen-bond acceptors (Lipinski definition) is 3. The molecule has 0 radical (unpaired) electrons. The van der Waals surface area contributed by atoms with Crippen molar-refractivity contribution in [1.82, 2.24) is 10.3 Å². The Hall–Kier alpha value is -0.830. The van der Waals surface area contributed by atoms with Gasteiger partial charge in [-0.3, -0.25) is 0 Å². The van der Waals surface area contributed by atoms with Crippen LogP contribution in [0.1, 0.15) is 32.4 Å². The van der Waals surface area contributed by atoms with Gasteiger partial charge in [-0.25, -0.2) is 4.98 Å². The summed E-state index contributed by atoms with van der Waals surface area (Å²) in [5.74, 6) is 1.78. The molecule has 1 aromatic rings. The van der Waals surface area contributed by atoms with Crippen LogP contribution in [0.2, 0.25) is 0 Å². The van der Waals surface area contributed by atoms with E-state index in [4.69, 9.17) is 4.42 Å². The second kappa shape index (κ2) is 3.92. The van der Waals surface area contributed by atoms with Gasteiger partial charge in [0.05, 0.1) is 6.20 Å². The molecule has 13 heavy (non-hydrogen) atoms. The number of aromatic nitrogens is 1. The van der Waals surface area contributed by atoms with E-state index in [-0.39, 0.29) is 5.41 Å². The molecule has 0 saturated carbocycles. The Morgan fingerprint density at radius 1 is 1.46 bits per heavy atom. The van der Waals surface area contributed by atoms with Crippen LogP contribution in [0.15, 0.2) is 10.6 Å². The first-order valence-corrected chi connectivity index (χ1v) is 4.64. The molecule has 1 heterocycles. The average molecular weight is 182 g/mol. The third-order valence-corrected chi connectivity index (χ3v) is 1.88. The Balaban J connectivity index is 2.64. The maximum absolute atomic E-state index is 5.60. The Morgan fingerprint density at radius 2 is 2.15 bits per heavy atom. The maximum atomic E-state index is 5.60. The number of hydrogen-bond donors (Lipinski definition) is 1. The van der Waals surface area contributed by atoms with E-state index in [9.17, 15) is 0 Å². The second-order valence-electron chi connectivity index (χ2n) is 4.22. The summed E-state index contributed by atoms with van der Waals surface area (Å²) in [5, 5.41) is 3.06. The van der Waals surface area contributed by atoms with Gasteiger partial charge in [-0.2, -0.15) is 0 Å². The van der Waals surface area contributed by atoms with Crippen LogP contribution in [0.25, 0.3) is 0 Å². The molecule has 1 rings (SSSR count). The predicted octanol–water partition coefficient (Wildman–Crippen LogP) is 1.73. The lowest BCUT2D eigenvalue weighted by Crippen LogP contribution is -2.11. The van der Waals surface area contributed by atoms with Crippen molar-refractivity contribution >= 4 is 0 Å². The molecule has 0 unspecified atom stereocenters. The molecule has 0 aliphatic rings. The molecule has 0 aliphatic heterocycles. The number of nitrogens with one attached hydrogen (secondary N) is 1. The molecular weight excluding hydrogens is 164 g/mol. The van der Waals surface area contributed by atoms with Gasteiger partial charge < -0.3 is 9.73 Å². The molecule has 0 amide bonds. The van der Waals surface area contributed by atoms with Crippen LogP contribution in [0.5, 0.6) is 0 Å². The van der Waals surface area contributed by atoms with Crippen molar-refractivity contribution in [2.24, 2.45) is 0 Å². The molecule has 0 aliphatic carbocycles. The van der Waals surface area contributed by atoms with Crippen molar-refractivity contribution in [2.75, 3.05) is 13.6 Å². The van der Waals surface area contributed by atoms with E-state index >= 15 is 0 Å². The molecule has 0 fully saturated rings. The molecule has 0 spiro atoms. The topological polar surface area (TPSA) is 38.1 Å². The number of nitrogens with zero attached hydrogens (tertiary/aromatic N) is 1. The first kappa shape index (κ1) is 10.3. The quantitative estimate of drug-likeness (QED) is 0.773. The average Bonchev–Trinajstić information content (AvgIpc) is 2.47. The van der Waals surface area contributed by atoms with E-state index in [0.717, 1.165) is 24.6 Å². The number of rotatable bonds is 3. The molecule has 74 valence electrons. The zero-order valence-electron chi connectivity index (χ0n) is 8.85. The van der Waals surface area contributed by atoms with Crippen molar-refractivity contribution in [1.29, 1.82) is 0 Å². The summed E-state index contributed by atoms with van der Waals surface area (Å²) in [5.41, 5.74) is 0.0604. The van der Waals surface area contributed by atoms with Crippen LogP contribution in [0.4, 0.5) is 0 Å². The van der Waals surface area contributed by atoms with Crippen LogP contribution in [-0.4, -0.2) is 18.6 Å². The SMILES string of the molecule is CNCCc1ncc(C(C)(C)C)o1. The van der Waals surface area contributed by atoms with Crippen molar-refractivity contribution in [3.8, 4) is 0 Å². The van der Waals surface area contributed by atoms with Crippen LogP contribution >= 0.6 is 0 Å². The van der Waals surface area contributed by atoms with Gasteiger partial charge in [0.2, 0.25) is 0 Å². The summed E-state index contributed by atoms with van der Waals surface area (Å²) in [7, 11) is 1.92. The lowest BCUT2D eigenvalue weighted by Gasteiger charge is -2.13. The van der Waals surface area contributed by atoms with Crippen molar-refractivity contribution in [2.45, 2.75) is 32.6 Å². The summed E-state index contributed by atoms with van der Waals surface area (Å²) in [4.78, 5) is 4.21. The lowest BCUT2D eigenvalue weighted by atomic mass is 9.94. The predicted molar refractivity (Wildman–Crippen MR) is 52.8 cm³/mol. The van der Waals surface area contributed by atoms with Crippen molar-refractivity contribution in [3.63, 3.8) is 0 Å². The van der Waals surface area contributed by atoms with E-state index in [1.54, 1.807) is 0 Å². The standard InChI is InChI=1S/C10H18N2O/c1-10(2,3)8-7-12-9(13-8)5-6-11-4/h7,11H,5-6H2,1-4H3. The maximum Gasteiger partial charge on any atom is 0.195 e. The Bertz CT molecular complexity index is 260. The Morgan fingerprint density at radius 3 is 2.62 bits per heavy atom. The fourth-order valence-electron chi connectivity index (χ4n) is 1.00. The van der Waals surface area contributed by atoms with E-state index in [1.165, 1.54) is 0 Å². The van der Waals surface area contributed by atoms with Gasteiger partial charge in [-0.1, -0.05) is 20.8 Å². The Kier molecular flexibility index (Phi) is 3.09. The molecule has 0 atom stereocenters. The number of likely N-dealkylation sites (N-methyl/N-ethyl adjacent to an activating group) is 1. The van der Waals surface area contributed by atoms with Gasteiger partial charge in [0.25, 0.3) is 0 Å². The lowest BCUT2D eigenvalue weighted by molar-refractivity contribution is 0.381. The highest BCUT2D eigenvalue weighted by Crippen LogP contribution is 2.22. The van der Waals surface area contributed by atoms with Crippen LogP contribution in [0, 0.1) is 0 Å². The van der Waals surface area contributed by atoms with Crippen LogP contribution < -0.4 is 5.32 Å². The fourth-order valence-corrected chi connectivity index (χ4v) is 1.00. The molecule has 0 aromatic carbocycles.